The third-order valence-electron chi connectivity index (χ3n) is 3.97. The van der Waals surface area contributed by atoms with E-state index < -0.39 is 0 Å². The number of likely N-dealkylation sites (N-methyl/N-ethyl adjacent to an activating group) is 1. The number of rotatable bonds is 7. The highest BCUT2D eigenvalue weighted by Crippen LogP contribution is 2.09. The van der Waals surface area contributed by atoms with Gasteiger partial charge >= 0.3 is 0 Å². The van der Waals surface area contributed by atoms with E-state index in [-0.39, 0.29) is 11.7 Å². The molecule has 4 heteroatoms. The first-order valence-electron chi connectivity index (χ1n) is 8.28. The lowest BCUT2D eigenvalue weighted by molar-refractivity contribution is -0.885. The van der Waals surface area contributed by atoms with E-state index >= 15 is 0 Å². The van der Waals surface area contributed by atoms with Gasteiger partial charge in [0.1, 0.15) is 6.54 Å². The van der Waals surface area contributed by atoms with Crippen LogP contribution in [0.3, 0.4) is 0 Å². The molecular formula is C20H25N2O2+. The second kappa shape index (κ2) is 8.41. The van der Waals surface area contributed by atoms with Gasteiger partial charge in [0, 0.05) is 16.8 Å². The molecule has 0 aliphatic heterocycles. The van der Waals surface area contributed by atoms with Crippen LogP contribution in [0.2, 0.25) is 0 Å². The molecule has 0 bridgehead atoms. The number of hydrogen-bond donors (Lipinski definition) is 2. The number of anilines is 1. The number of carbonyl (C=O) groups is 2. The van der Waals surface area contributed by atoms with Gasteiger partial charge in [-0.2, -0.15) is 0 Å². The third kappa shape index (κ3) is 5.32. The minimum atomic E-state index is -0.0340. The van der Waals surface area contributed by atoms with E-state index in [0.717, 1.165) is 17.9 Å². The Morgan fingerprint density at radius 3 is 2.08 bits per heavy atom. The molecule has 0 saturated carbocycles. The molecule has 126 valence electrons. The molecule has 24 heavy (non-hydrogen) atoms. The maximum atomic E-state index is 12.1. The SMILES string of the molecule is CCc1ccc(C[NH+](C)CC(=O)Nc2ccc(C(C)=O)cc2)cc1. The number of hydrogen-bond acceptors (Lipinski definition) is 2. The number of benzene rings is 2. The molecule has 2 N–H and O–H groups in total. The Morgan fingerprint density at radius 2 is 1.54 bits per heavy atom. The van der Waals surface area contributed by atoms with Crippen molar-refractivity contribution in [2.75, 3.05) is 18.9 Å². The van der Waals surface area contributed by atoms with Crippen molar-refractivity contribution >= 4 is 17.4 Å². The molecular weight excluding hydrogens is 300 g/mol. The molecule has 0 radical (unpaired) electrons. The van der Waals surface area contributed by atoms with Crippen LogP contribution in [-0.2, 0) is 17.8 Å². The zero-order chi connectivity index (χ0) is 17.5. The summed E-state index contributed by atoms with van der Waals surface area (Å²) in [7, 11) is 2.01. The quantitative estimate of drug-likeness (QED) is 0.766. The number of aryl methyl sites for hydroxylation is 1. The molecule has 0 aliphatic rings. The van der Waals surface area contributed by atoms with Crippen molar-refractivity contribution < 1.29 is 14.5 Å². The molecule has 0 spiro atoms. The summed E-state index contributed by atoms with van der Waals surface area (Å²) in [6.45, 7) is 4.86. The standard InChI is InChI=1S/C20H24N2O2/c1-4-16-5-7-17(8-6-16)13-22(3)14-20(24)21-19-11-9-18(10-12-19)15(2)23/h5-12H,4,13-14H2,1-3H3,(H,21,24)/p+1. The zero-order valence-corrected chi connectivity index (χ0v) is 14.6. The van der Waals surface area contributed by atoms with Crippen LogP contribution in [0.1, 0.15) is 35.3 Å². The molecule has 2 aromatic rings. The van der Waals surface area contributed by atoms with Crippen LogP contribution in [0.15, 0.2) is 48.5 Å². The molecule has 0 saturated heterocycles. The fourth-order valence-corrected chi connectivity index (χ4v) is 2.57. The Bertz CT molecular complexity index is 691. The largest absolute Gasteiger partial charge is 0.326 e. The number of Topliss-reactive ketones (excluding diaryl/α,β-unsaturated/α-hetero) is 1. The van der Waals surface area contributed by atoms with Gasteiger partial charge in [0.25, 0.3) is 5.91 Å². The smallest absolute Gasteiger partial charge is 0.279 e. The van der Waals surface area contributed by atoms with E-state index in [1.807, 2.05) is 7.05 Å². The predicted octanol–water partition coefficient (Wildman–Crippen LogP) is 2.10. The molecule has 0 aromatic heterocycles. The molecule has 1 atom stereocenters. The number of quaternary nitrogens is 1. The minimum absolute atomic E-state index is 0.0196. The summed E-state index contributed by atoms with van der Waals surface area (Å²) in [5, 5.41) is 2.87. The summed E-state index contributed by atoms with van der Waals surface area (Å²) in [4.78, 5) is 24.5. The average Bonchev–Trinajstić information content (AvgIpc) is 2.55. The summed E-state index contributed by atoms with van der Waals surface area (Å²) < 4.78 is 0. The van der Waals surface area contributed by atoms with E-state index in [1.54, 1.807) is 24.3 Å². The van der Waals surface area contributed by atoms with E-state index in [9.17, 15) is 9.59 Å². The molecule has 2 rings (SSSR count). The third-order valence-corrected chi connectivity index (χ3v) is 3.97. The number of ketones is 1. The fraction of sp³-hybridized carbons (Fsp3) is 0.300. The topological polar surface area (TPSA) is 50.6 Å². The molecule has 0 aliphatic carbocycles. The summed E-state index contributed by atoms with van der Waals surface area (Å²) in [5.41, 5.74) is 3.91. The van der Waals surface area contributed by atoms with Crippen molar-refractivity contribution in [2.24, 2.45) is 0 Å². The second-order valence-electron chi connectivity index (χ2n) is 6.16. The second-order valence-corrected chi connectivity index (χ2v) is 6.16. The predicted molar refractivity (Wildman–Crippen MR) is 96.4 cm³/mol. The minimum Gasteiger partial charge on any atom is -0.326 e. The van der Waals surface area contributed by atoms with Crippen molar-refractivity contribution in [1.29, 1.82) is 0 Å². The van der Waals surface area contributed by atoms with Gasteiger partial charge in [-0.25, -0.2) is 0 Å². The molecule has 0 heterocycles. The summed E-state index contributed by atoms with van der Waals surface area (Å²) >= 11 is 0. The van der Waals surface area contributed by atoms with Crippen molar-refractivity contribution in [2.45, 2.75) is 26.8 Å². The first kappa shape index (κ1) is 17.9. The van der Waals surface area contributed by atoms with Crippen LogP contribution in [0.25, 0.3) is 0 Å². The van der Waals surface area contributed by atoms with Crippen LogP contribution in [-0.4, -0.2) is 25.3 Å². The Kier molecular flexibility index (Phi) is 6.27. The summed E-state index contributed by atoms with van der Waals surface area (Å²) in [6, 6.07) is 15.5. The normalized spacial score (nSPS) is 11.8. The summed E-state index contributed by atoms with van der Waals surface area (Å²) in [5.74, 6) is -0.0144. The van der Waals surface area contributed by atoms with Crippen LogP contribution < -0.4 is 10.2 Å². The number of carbonyl (C=O) groups excluding carboxylic acids is 2. The Labute approximate surface area is 143 Å². The maximum Gasteiger partial charge on any atom is 0.279 e. The van der Waals surface area contributed by atoms with Gasteiger partial charge in [-0.05, 0) is 43.2 Å². The first-order chi connectivity index (χ1) is 11.5. The zero-order valence-electron chi connectivity index (χ0n) is 14.6. The van der Waals surface area contributed by atoms with Gasteiger partial charge in [0.2, 0.25) is 0 Å². The Balaban J connectivity index is 1.85. The number of amides is 1. The van der Waals surface area contributed by atoms with Crippen LogP contribution in [0, 0.1) is 0 Å². The highest BCUT2D eigenvalue weighted by Gasteiger charge is 2.11. The van der Waals surface area contributed by atoms with Gasteiger partial charge in [-0.1, -0.05) is 31.2 Å². The monoisotopic (exact) mass is 325 g/mol. The van der Waals surface area contributed by atoms with Crippen molar-refractivity contribution in [3.05, 3.63) is 65.2 Å². The number of nitrogens with one attached hydrogen (secondary N) is 2. The van der Waals surface area contributed by atoms with Gasteiger partial charge in [0.15, 0.2) is 12.3 Å². The average molecular weight is 325 g/mol. The van der Waals surface area contributed by atoms with Gasteiger partial charge in [-0.15, -0.1) is 0 Å². The maximum absolute atomic E-state index is 12.1. The lowest BCUT2D eigenvalue weighted by atomic mass is 10.1. The van der Waals surface area contributed by atoms with Crippen LogP contribution in [0.4, 0.5) is 5.69 Å². The Hall–Kier alpha value is -2.46. The van der Waals surface area contributed by atoms with Crippen LogP contribution in [0.5, 0.6) is 0 Å². The van der Waals surface area contributed by atoms with Gasteiger partial charge in [0.05, 0.1) is 7.05 Å². The van der Waals surface area contributed by atoms with Gasteiger partial charge in [-0.3, -0.25) is 9.59 Å². The van der Waals surface area contributed by atoms with Crippen molar-refractivity contribution in [3.63, 3.8) is 0 Å². The molecule has 1 amide bonds. The first-order valence-corrected chi connectivity index (χ1v) is 8.28. The highest BCUT2D eigenvalue weighted by molar-refractivity contribution is 5.95. The van der Waals surface area contributed by atoms with Crippen molar-refractivity contribution in [1.82, 2.24) is 0 Å². The van der Waals surface area contributed by atoms with Crippen LogP contribution >= 0.6 is 0 Å². The van der Waals surface area contributed by atoms with E-state index in [0.29, 0.717) is 17.8 Å². The molecule has 1 unspecified atom stereocenters. The van der Waals surface area contributed by atoms with E-state index in [4.69, 9.17) is 0 Å². The summed E-state index contributed by atoms with van der Waals surface area (Å²) in [6.07, 6.45) is 1.04. The highest BCUT2D eigenvalue weighted by atomic mass is 16.2. The fourth-order valence-electron chi connectivity index (χ4n) is 2.57. The van der Waals surface area contributed by atoms with E-state index in [2.05, 4.69) is 36.5 Å². The van der Waals surface area contributed by atoms with E-state index in [1.165, 1.54) is 18.1 Å². The molecule has 4 nitrogen and oxygen atoms in total. The van der Waals surface area contributed by atoms with Gasteiger partial charge < -0.3 is 10.2 Å². The lowest BCUT2D eigenvalue weighted by Crippen LogP contribution is -3.08. The molecule has 2 aromatic carbocycles. The lowest BCUT2D eigenvalue weighted by Gasteiger charge is -2.14. The van der Waals surface area contributed by atoms with Crippen molar-refractivity contribution in [3.8, 4) is 0 Å². The Morgan fingerprint density at radius 1 is 0.958 bits per heavy atom. The molecule has 0 fully saturated rings.